The molecule has 0 aliphatic rings. The normalized spacial score (nSPS) is 10.6. The van der Waals surface area contributed by atoms with Gasteiger partial charge < -0.3 is 10.1 Å². The molecule has 3 aromatic heterocycles. The largest absolute Gasteiger partial charge is 0.453 e. The molecule has 1 aromatic carbocycles. The lowest BCUT2D eigenvalue weighted by atomic mass is 10.3. The van der Waals surface area contributed by atoms with E-state index in [2.05, 4.69) is 20.3 Å². The summed E-state index contributed by atoms with van der Waals surface area (Å²) >= 11 is 2.31. The van der Waals surface area contributed by atoms with E-state index in [1.807, 2.05) is 30.3 Å². The van der Waals surface area contributed by atoms with Gasteiger partial charge in [0.15, 0.2) is 22.4 Å². The summed E-state index contributed by atoms with van der Waals surface area (Å²) in [4.78, 5) is 13.7. The smallest absolute Gasteiger partial charge is 0.434 e. The number of anilines is 2. The van der Waals surface area contributed by atoms with Gasteiger partial charge in [-0.25, -0.2) is 9.97 Å². The van der Waals surface area contributed by atoms with E-state index in [9.17, 15) is 13.2 Å². The average Bonchev–Trinajstić information content (AvgIpc) is 3.21. The number of aromatic nitrogens is 3. The maximum absolute atomic E-state index is 12.8. The van der Waals surface area contributed by atoms with Crippen molar-refractivity contribution in [1.82, 2.24) is 15.0 Å². The lowest BCUT2D eigenvalue weighted by molar-refractivity contribution is -0.140. The summed E-state index contributed by atoms with van der Waals surface area (Å²) < 4.78 is 44.4. The van der Waals surface area contributed by atoms with Gasteiger partial charge in [-0.3, -0.25) is 4.98 Å². The molecule has 0 saturated heterocycles. The van der Waals surface area contributed by atoms with Crippen LogP contribution in [0.3, 0.4) is 0 Å². The van der Waals surface area contributed by atoms with Crippen LogP contribution < -0.4 is 10.1 Å². The minimum atomic E-state index is -4.50. The molecule has 0 spiro atoms. The number of ether oxygens (including phenoxy) is 1. The number of hydrogen-bond acceptors (Lipinski definition) is 7. The first-order valence-electron chi connectivity index (χ1n) is 8.58. The van der Waals surface area contributed by atoms with E-state index >= 15 is 0 Å². The Labute approximate surface area is 202 Å². The summed E-state index contributed by atoms with van der Waals surface area (Å²) in [6.45, 7) is 0. The zero-order chi connectivity index (χ0) is 21.0. The molecule has 0 atom stereocenters. The summed E-state index contributed by atoms with van der Waals surface area (Å²) in [5.41, 5.74) is -0.953. The third-order valence-electron chi connectivity index (χ3n) is 3.70. The minimum absolute atomic E-state index is 0. The van der Waals surface area contributed by atoms with Crippen LogP contribution in [-0.4, -0.2) is 15.0 Å². The van der Waals surface area contributed by atoms with Crippen LogP contribution in [0.2, 0.25) is 0 Å². The van der Waals surface area contributed by atoms with Crippen molar-refractivity contribution in [1.29, 1.82) is 0 Å². The van der Waals surface area contributed by atoms with Gasteiger partial charge >= 0.3 is 6.18 Å². The molecule has 0 radical (unpaired) electrons. The Balaban J connectivity index is 0.00000181. The number of rotatable bonds is 6. The molecule has 1 N–H and O–H groups in total. The number of thiazole rings is 1. The lowest BCUT2D eigenvalue weighted by Gasteiger charge is -2.12. The number of halogens is 5. The summed E-state index contributed by atoms with van der Waals surface area (Å²) in [5, 5.41) is 3.85. The number of alkyl halides is 3. The maximum atomic E-state index is 12.8. The fourth-order valence-electron chi connectivity index (χ4n) is 2.37. The Kier molecular flexibility index (Phi) is 9.14. The summed E-state index contributed by atoms with van der Waals surface area (Å²) in [6, 6.07) is 14.5. The second-order valence-electron chi connectivity index (χ2n) is 5.88. The van der Waals surface area contributed by atoms with Gasteiger partial charge in [0, 0.05) is 39.8 Å². The fraction of sp³-hybridized carbons (Fsp3) is 0.0500. The summed E-state index contributed by atoms with van der Waals surface area (Å²) in [6.07, 6.45) is 0.489. The zero-order valence-corrected chi connectivity index (χ0v) is 19.2. The molecule has 32 heavy (non-hydrogen) atoms. The first kappa shape index (κ1) is 25.7. The monoisotopic (exact) mass is 518 g/mol. The first-order chi connectivity index (χ1) is 14.5. The third-order valence-corrected chi connectivity index (χ3v) is 5.43. The Bertz CT molecular complexity index is 1130. The van der Waals surface area contributed by atoms with E-state index in [4.69, 9.17) is 4.74 Å². The van der Waals surface area contributed by atoms with Crippen LogP contribution in [-0.2, 0) is 6.18 Å². The van der Waals surface area contributed by atoms with Gasteiger partial charge in [-0.2, -0.15) is 13.2 Å². The van der Waals surface area contributed by atoms with Crippen molar-refractivity contribution >= 4 is 58.9 Å². The van der Waals surface area contributed by atoms with Crippen molar-refractivity contribution in [3.63, 3.8) is 0 Å². The predicted molar refractivity (Wildman–Crippen MR) is 124 cm³/mol. The highest BCUT2D eigenvalue weighted by Gasteiger charge is 2.33. The quantitative estimate of drug-likeness (QED) is 0.285. The summed E-state index contributed by atoms with van der Waals surface area (Å²) in [5.74, 6) is 1.20. The van der Waals surface area contributed by atoms with E-state index < -0.39 is 11.9 Å². The molecular weight excluding hydrogens is 504 g/mol. The molecule has 0 fully saturated rings. The third kappa shape index (κ3) is 6.73. The highest BCUT2D eigenvalue weighted by Crippen LogP contribution is 2.37. The fourth-order valence-corrected chi connectivity index (χ4v) is 3.89. The Hall–Kier alpha value is -2.53. The van der Waals surface area contributed by atoms with Crippen molar-refractivity contribution in [3.05, 3.63) is 78.2 Å². The van der Waals surface area contributed by atoms with Crippen molar-refractivity contribution in [2.45, 2.75) is 16.0 Å². The van der Waals surface area contributed by atoms with E-state index in [0.717, 1.165) is 26.5 Å². The van der Waals surface area contributed by atoms with E-state index in [1.165, 1.54) is 11.8 Å². The highest BCUT2D eigenvalue weighted by molar-refractivity contribution is 7.99. The van der Waals surface area contributed by atoms with Gasteiger partial charge in [-0.1, -0.05) is 30.0 Å². The van der Waals surface area contributed by atoms with Crippen molar-refractivity contribution in [3.8, 4) is 11.5 Å². The molecule has 0 unspecified atom stereocenters. The highest BCUT2D eigenvalue weighted by atomic mass is 35.5. The molecule has 0 saturated carbocycles. The van der Waals surface area contributed by atoms with Crippen LogP contribution in [0.4, 0.5) is 24.1 Å². The number of pyridine rings is 2. The number of hydrogen-bond donors (Lipinski definition) is 1. The van der Waals surface area contributed by atoms with Gasteiger partial charge in [0.05, 0.1) is 0 Å². The van der Waals surface area contributed by atoms with Crippen LogP contribution in [0.5, 0.6) is 11.5 Å². The van der Waals surface area contributed by atoms with Crippen LogP contribution in [0.25, 0.3) is 0 Å². The topological polar surface area (TPSA) is 59.9 Å². The number of para-hydroxylation sites is 1. The average molecular weight is 519 g/mol. The van der Waals surface area contributed by atoms with E-state index in [0.29, 0.717) is 11.5 Å². The zero-order valence-electron chi connectivity index (χ0n) is 15.9. The molecular formula is C20H15Cl2F3N4OS2. The van der Waals surface area contributed by atoms with Crippen LogP contribution in [0, 0.1) is 0 Å². The van der Waals surface area contributed by atoms with Gasteiger partial charge in [0.2, 0.25) is 0 Å². The lowest BCUT2D eigenvalue weighted by Crippen LogP contribution is -2.05. The molecule has 0 amide bonds. The molecule has 4 rings (SSSR count). The van der Waals surface area contributed by atoms with Crippen LogP contribution in [0.1, 0.15) is 5.69 Å². The molecule has 5 nitrogen and oxygen atoms in total. The van der Waals surface area contributed by atoms with Crippen LogP contribution in [0.15, 0.2) is 82.3 Å². The van der Waals surface area contributed by atoms with E-state index in [1.54, 1.807) is 36.8 Å². The maximum Gasteiger partial charge on any atom is 0.434 e. The van der Waals surface area contributed by atoms with Gasteiger partial charge in [0.1, 0.15) is 5.75 Å². The van der Waals surface area contributed by atoms with Crippen molar-refractivity contribution in [2.24, 2.45) is 0 Å². The second kappa shape index (κ2) is 11.4. The Morgan fingerprint density at radius 1 is 0.969 bits per heavy atom. The van der Waals surface area contributed by atoms with Gasteiger partial charge in [-0.05, 0) is 24.3 Å². The Morgan fingerprint density at radius 2 is 1.69 bits per heavy atom. The molecule has 0 bridgehead atoms. The SMILES string of the molecule is Cl.Cl.FC(F)(F)c1csc(Nc2ncc(Sc3ccncc3)cc2Oc2ccccc2)n1. The first-order valence-corrected chi connectivity index (χ1v) is 10.3. The second-order valence-corrected chi connectivity index (χ2v) is 7.88. The molecule has 168 valence electrons. The van der Waals surface area contributed by atoms with Crippen molar-refractivity contribution in [2.75, 3.05) is 5.32 Å². The molecule has 4 aromatic rings. The number of nitrogens with one attached hydrogen (secondary N) is 1. The molecule has 3 heterocycles. The number of nitrogens with zero attached hydrogens (tertiary/aromatic N) is 3. The molecule has 0 aliphatic carbocycles. The Morgan fingerprint density at radius 3 is 2.34 bits per heavy atom. The van der Waals surface area contributed by atoms with Crippen molar-refractivity contribution < 1.29 is 17.9 Å². The van der Waals surface area contributed by atoms with Gasteiger partial charge in [0.25, 0.3) is 0 Å². The van der Waals surface area contributed by atoms with E-state index in [-0.39, 0.29) is 35.8 Å². The van der Waals surface area contributed by atoms with Gasteiger partial charge in [-0.15, -0.1) is 36.2 Å². The standard InChI is InChI=1S/C20H13F3N4OS2.2ClH/c21-20(22,23)17-12-29-19(26-17)27-18-16(28-13-4-2-1-3-5-13)10-15(11-25-18)30-14-6-8-24-9-7-14;;/h1-12H,(H,25,26,27);2*1H. The molecule has 12 heteroatoms. The summed E-state index contributed by atoms with van der Waals surface area (Å²) in [7, 11) is 0. The van der Waals surface area contributed by atoms with Crippen LogP contribution >= 0.6 is 47.9 Å². The number of benzene rings is 1. The molecule has 0 aliphatic heterocycles. The minimum Gasteiger partial charge on any atom is -0.453 e. The predicted octanol–water partition coefficient (Wildman–Crippen LogP) is 7.48.